The molecule has 1 N–H and O–H groups in total. The normalized spacial score (nSPS) is 10.9. The van der Waals surface area contributed by atoms with E-state index < -0.39 is 0 Å². The van der Waals surface area contributed by atoms with Gasteiger partial charge in [-0.3, -0.25) is 14.9 Å². The summed E-state index contributed by atoms with van der Waals surface area (Å²) in [5, 5.41) is 2.96. The average molecular weight is 288 g/mol. The standard InChI is InChI=1S/C17H12N4O/c22-16-10-15(13-6-8-18-9-7-13)20-17-14(11-19-21(16)17)12-4-2-1-3-5-12/h1-11,19H. The van der Waals surface area contributed by atoms with Crippen LogP contribution < -0.4 is 5.56 Å². The van der Waals surface area contributed by atoms with Crippen molar-refractivity contribution in [3.05, 3.63) is 77.5 Å². The number of aromatic amines is 1. The van der Waals surface area contributed by atoms with Gasteiger partial charge in [0.2, 0.25) is 0 Å². The maximum Gasteiger partial charge on any atom is 0.273 e. The van der Waals surface area contributed by atoms with Crippen LogP contribution in [-0.2, 0) is 0 Å². The van der Waals surface area contributed by atoms with E-state index in [1.165, 1.54) is 10.6 Å². The molecule has 22 heavy (non-hydrogen) atoms. The highest BCUT2D eigenvalue weighted by Gasteiger charge is 2.11. The lowest BCUT2D eigenvalue weighted by atomic mass is 10.1. The van der Waals surface area contributed by atoms with Crippen molar-refractivity contribution >= 4 is 5.65 Å². The minimum absolute atomic E-state index is 0.140. The lowest BCUT2D eigenvalue weighted by molar-refractivity contribution is 0.901. The molecule has 0 amide bonds. The van der Waals surface area contributed by atoms with Crippen molar-refractivity contribution in [3.8, 4) is 22.4 Å². The predicted octanol–water partition coefficient (Wildman–Crippen LogP) is 2.75. The molecule has 4 aromatic rings. The Morgan fingerprint density at radius 3 is 2.50 bits per heavy atom. The summed E-state index contributed by atoms with van der Waals surface area (Å²) in [5.74, 6) is 0. The highest BCUT2D eigenvalue weighted by atomic mass is 16.1. The van der Waals surface area contributed by atoms with Gasteiger partial charge in [-0.2, -0.15) is 0 Å². The smallest absolute Gasteiger partial charge is 0.273 e. The molecule has 0 aliphatic carbocycles. The molecule has 0 bridgehead atoms. The number of rotatable bonds is 2. The fourth-order valence-electron chi connectivity index (χ4n) is 2.48. The molecule has 0 radical (unpaired) electrons. The third kappa shape index (κ3) is 2.00. The summed E-state index contributed by atoms with van der Waals surface area (Å²) in [5.41, 5.74) is 3.90. The zero-order valence-electron chi connectivity index (χ0n) is 11.6. The fraction of sp³-hybridized carbons (Fsp3) is 0. The van der Waals surface area contributed by atoms with Gasteiger partial charge in [0.25, 0.3) is 5.56 Å². The van der Waals surface area contributed by atoms with Crippen LogP contribution in [0, 0.1) is 0 Å². The van der Waals surface area contributed by atoms with E-state index in [-0.39, 0.29) is 5.56 Å². The van der Waals surface area contributed by atoms with Gasteiger partial charge in [0.05, 0.1) is 5.69 Å². The maximum absolute atomic E-state index is 12.3. The topological polar surface area (TPSA) is 63.0 Å². The molecular weight excluding hydrogens is 276 g/mol. The predicted molar refractivity (Wildman–Crippen MR) is 84.5 cm³/mol. The number of fused-ring (bicyclic) bond motifs is 1. The van der Waals surface area contributed by atoms with E-state index in [2.05, 4.69) is 15.1 Å². The molecule has 0 spiro atoms. The van der Waals surface area contributed by atoms with Gasteiger partial charge >= 0.3 is 0 Å². The number of benzene rings is 1. The SMILES string of the molecule is O=c1cc(-c2ccncc2)nc2c(-c3ccccc3)c[nH]n12. The van der Waals surface area contributed by atoms with Crippen molar-refractivity contribution in [2.24, 2.45) is 0 Å². The second kappa shape index (κ2) is 4.96. The fourth-order valence-corrected chi connectivity index (χ4v) is 2.48. The Kier molecular flexibility index (Phi) is 2.83. The zero-order chi connectivity index (χ0) is 14.9. The van der Waals surface area contributed by atoms with Crippen molar-refractivity contribution < 1.29 is 0 Å². The zero-order valence-corrected chi connectivity index (χ0v) is 11.6. The molecule has 0 fully saturated rings. The molecule has 3 heterocycles. The monoisotopic (exact) mass is 288 g/mol. The van der Waals surface area contributed by atoms with E-state index in [1.54, 1.807) is 18.6 Å². The van der Waals surface area contributed by atoms with Crippen LogP contribution in [0.15, 0.2) is 71.9 Å². The van der Waals surface area contributed by atoms with Crippen molar-refractivity contribution in [2.75, 3.05) is 0 Å². The minimum Gasteiger partial charge on any atom is -0.296 e. The van der Waals surface area contributed by atoms with Gasteiger partial charge in [-0.05, 0) is 17.7 Å². The van der Waals surface area contributed by atoms with Crippen LogP contribution in [0.3, 0.4) is 0 Å². The second-order valence-corrected chi connectivity index (χ2v) is 4.93. The molecule has 5 heteroatoms. The molecule has 0 aliphatic heterocycles. The van der Waals surface area contributed by atoms with Gasteiger partial charge in [-0.1, -0.05) is 30.3 Å². The molecule has 3 aromatic heterocycles. The summed E-state index contributed by atoms with van der Waals surface area (Å²) in [7, 11) is 0. The number of pyridine rings is 1. The first kappa shape index (κ1) is 12.5. The summed E-state index contributed by atoms with van der Waals surface area (Å²) < 4.78 is 1.45. The van der Waals surface area contributed by atoms with Gasteiger partial charge in [0.15, 0.2) is 5.65 Å². The minimum atomic E-state index is -0.140. The van der Waals surface area contributed by atoms with Crippen molar-refractivity contribution in [1.82, 2.24) is 19.6 Å². The van der Waals surface area contributed by atoms with Gasteiger partial charge in [0.1, 0.15) is 0 Å². The van der Waals surface area contributed by atoms with E-state index in [9.17, 15) is 4.79 Å². The van der Waals surface area contributed by atoms with Crippen LogP contribution in [-0.4, -0.2) is 19.6 Å². The number of aromatic nitrogens is 4. The molecule has 4 rings (SSSR count). The van der Waals surface area contributed by atoms with Crippen LogP contribution >= 0.6 is 0 Å². The Bertz CT molecular complexity index is 988. The number of hydrogen-bond donors (Lipinski definition) is 1. The number of nitrogens with zero attached hydrogens (tertiary/aromatic N) is 3. The third-order valence-corrected chi connectivity index (χ3v) is 3.56. The van der Waals surface area contributed by atoms with Crippen LogP contribution in [0.4, 0.5) is 0 Å². The molecule has 0 saturated heterocycles. The molecular formula is C17H12N4O. The Hall–Kier alpha value is -3.21. The van der Waals surface area contributed by atoms with E-state index in [4.69, 9.17) is 0 Å². The Balaban J connectivity index is 1.99. The van der Waals surface area contributed by atoms with E-state index in [1.807, 2.05) is 42.5 Å². The quantitative estimate of drug-likeness (QED) is 0.617. The van der Waals surface area contributed by atoms with E-state index >= 15 is 0 Å². The van der Waals surface area contributed by atoms with Gasteiger partial charge in [0, 0.05) is 35.8 Å². The Morgan fingerprint density at radius 2 is 1.73 bits per heavy atom. The van der Waals surface area contributed by atoms with Crippen molar-refractivity contribution in [1.29, 1.82) is 0 Å². The van der Waals surface area contributed by atoms with Crippen LogP contribution in [0.1, 0.15) is 0 Å². The molecule has 106 valence electrons. The van der Waals surface area contributed by atoms with Crippen LogP contribution in [0.25, 0.3) is 28.0 Å². The van der Waals surface area contributed by atoms with E-state index in [0.29, 0.717) is 11.3 Å². The molecule has 0 aliphatic rings. The maximum atomic E-state index is 12.3. The first-order valence-electron chi connectivity index (χ1n) is 6.90. The van der Waals surface area contributed by atoms with Gasteiger partial charge in [-0.15, -0.1) is 0 Å². The second-order valence-electron chi connectivity index (χ2n) is 4.93. The Labute approximate surface area is 125 Å². The summed E-state index contributed by atoms with van der Waals surface area (Å²) in [6.45, 7) is 0. The van der Waals surface area contributed by atoms with Gasteiger partial charge in [-0.25, -0.2) is 9.50 Å². The molecule has 5 nitrogen and oxygen atoms in total. The summed E-state index contributed by atoms with van der Waals surface area (Å²) in [6.07, 6.45) is 5.18. The number of nitrogens with one attached hydrogen (secondary N) is 1. The molecule has 1 aromatic carbocycles. The lowest BCUT2D eigenvalue weighted by Crippen LogP contribution is -2.14. The first-order chi connectivity index (χ1) is 10.8. The first-order valence-corrected chi connectivity index (χ1v) is 6.90. The average Bonchev–Trinajstić information content (AvgIpc) is 3.01. The lowest BCUT2D eigenvalue weighted by Gasteiger charge is -2.02. The molecule has 0 saturated carbocycles. The number of H-pyrrole nitrogens is 1. The van der Waals surface area contributed by atoms with Crippen LogP contribution in [0.5, 0.6) is 0 Å². The highest BCUT2D eigenvalue weighted by Crippen LogP contribution is 2.24. The molecule has 0 atom stereocenters. The summed E-state index contributed by atoms with van der Waals surface area (Å²) in [4.78, 5) is 20.9. The van der Waals surface area contributed by atoms with E-state index in [0.717, 1.165) is 16.7 Å². The van der Waals surface area contributed by atoms with Crippen molar-refractivity contribution in [3.63, 3.8) is 0 Å². The third-order valence-electron chi connectivity index (χ3n) is 3.56. The Morgan fingerprint density at radius 1 is 0.955 bits per heavy atom. The number of hydrogen-bond acceptors (Lipinski definition) is 3. The summed E-state index contributed by atoms with van der Waals surface area (Å²) >= 11 is 0. The van der Waals surface area contributed by atoms with Crippen molar-refractivity contribution in [2.45, 2.75) is 0 Å². The molecule has 0 unspecified atom stereocenters. The van der Waals surface area contributed by atoms with Crippen LogP contribution in [0.2, 0.25) is 0 Å². The largest absolute Gasteiger partial charge is 0.296 e. The van der Waals surface area contributed by atoms with Gasteiger partial charge < -0.3 is 0 Å². The highest BCUT2D eigenvalue weighted by molar-refractivity contribution is 5.78. The summed E-state index contributed by atoms with van der Waals surface area (Å²) in [6, 6.07) is 15.1.